The molecule has 0 fully saturated rings. The quantitative estimate of drug-likeness (QED) is 0.444. The third kappa shape index (κ3) is 7.65. The lowest BCUT2D eigenvalue weighted by atomic mass is 10.1. The summed E-state index contributed by atoms with van der Waals surface area (Å²) in [7, 11) is 3.74. The van der Waals surface area contributed by atoms with Crippen LogP contribution in [0, 0.1) is 11.3 Å². The molecule has 2 heterocycles. The number of aromatic nitrogens is 4. The second-order valence-corrected chi connectivity index (χ2v) is 7.58. The molecule has 0 radical (unpaired) electrons. The maximum Gasteiger partial charge on any atom is 0.229 e. The van der Waals surface area contributed by atoms with Gasteiger partial charge in [0.15, 0.2) is 0 Å². The molecular formula is C26H27N7O. The number of aryl methyl sites for hydroxylation is 1. The van der Waals surface area contributed by atoms with Crippen LogP contribution >= 0.6 is 0 Å². The van der Waals surface area contributed by atoms with Crippen LogP contribution in [-0.4, -0.2) is 39.5 Å². The van der Waals surface area contributed by atoms with Gasteiger partial charge in [0.25, 0.3) is 0 Å². The van der Waals surface area contributed by atoms with Crippen LogP contribution in [0.25, 0.3) is 11.3 Å². The smallest absolute Gasteiger partial charge is 0.229 e. The van der Waals surface area contributed by atoms with E-state index in [0.717, 1.165) is 35.3 Å². The zero-order valence-electron chi connectivity index (χ0n) is 19.3. The summed E-state index contributed by atoms with van der Waals surface area (Å²) in [6.07, 6.45) is 4.82. The van der Waals surface area contributed by atoms with Crippen molar-refractivity contribution in [3.8, 4) is 17.3 Å². The molecule has 2 N–H and O–H groups in total. The fourth-order valence-electron chi connectivity index (χ4n) is 3.08. The number of rotatable bonds is 7. The number of likely N-dealkylation sites (N-methyl/N-ethyl adjacent to an activating group) is 1. The van der Waals surface area contributed by atoms with Crippen molar-refractivity contribution in [2.45, 2.75) is 12.8 Å². The molecule has 2 aromatic carbocycles. The summed E-state index contributed by atoms with van der Waals surface area (Å²) < 4.78 is 1.63. The number of nitrogens with zero attached hydrogens (tertiary/aromatic N) is 5. The van der Waals surface area contributed by atoms with Crippen LogP contribution in [0.4, 0.5) is 5.82 Å². The fourth-order valence-corrected chi connectivity index (χ4v) is 3.08. The molecule has 4 rings (SSSR count). The second kappa shape index (κ2) is 12.6. The topological polar surface area (TPSA) is 109 Å². The van der Waals surface area contributed by atoms with E-state index in [4.69, 9.17) is 5.26 Å². The van der Waals surface area contributed by atoms with Crippen molar-refractivity contribution in [2.75, 3.05) is 18.9 Å². The molecule has 0 unspecified atom stereocenters. The van der Waals surface area contributed by atoms with Gasteiger partial charge in [-0.05, 0) is 55.4 Å². The van der Waals surface area contributed by atoms with Gasteiger partial charge in [-0.1, -0.05) is 47.7 Å². The number of hydrogen-bond donors (Lipinski definition) is 2. The van der Waals surface area contributed by atoms with Crippen LogP contribution in [0.1, 0.15) is 16.7 Å². The van der Waals surface area contributed by atoms with E-state index in [1.165, 1.54) is 5.56 Å². The Kier molecular flexibility index (Phi) is 9.02. The van der Waals surface area contributed by atoms with E-state index in [1.807, 2.05) is 81.0 Å². The zero-order chi connectivity index (χ0) is 24.2. The summed E-state index contributed by atoms with van der Waals surface area (Å²) in [5, 5.41) is 22.3. The maximum atomic E-state index is 12.0. The number of amides is 1. The highest BCUT2D eigenvalue weighted by atomic mass is 16.1. The SMILES string of the molecule is CNCCc1ccc(C#N)cc1.Cn1cc(-c2ccc(NC(=O)Cc3ccccc3)nc2)nn1. The lowest BCUT2D eigenvalue weighted by molar-refractivity contribution is -0.115. The molecule has 0 aliphatic rings. The molecule has 34 heavy (non-hydrogen) atoms. The maximum absolute atomic E-state index is 12.0. The van der Waals surface area contributed by atoms with Gasteiger partial charge in [0.1, 0.15) is 11.5 Å². The molecule has 8 nitrogen and oxygen atoms in total. The van der Waals surface area contributed by atoms with Gasteiger partial charge in [-0.25, -0.2) is 4.98 Å². The van der Waals surface area contributed by atoms with Crippen LogP contribution in [-0.2, 0) is 24.7 Å². The Morgan fingerprint density at radius 3 is 2.38 bits per heavy atom. The van der Waals surface area contributed by atoms with Crippen LogP contribution < -0.4 is 10.6 Å². The monoisotopic (exact) mass is 453 g/mol. The molecule has 0 saturated carbocycles. The highest BCUT2D eigenvalue weighted by Gasteiger charge is 2.06. The summed E-state index contributed by atoms with van der Waals surface area (Å²) >= 11 is 0. The number of carbonyl (C=O) groups excluding carboxylic acids is 1. The van der Waals surface area contributed by atoms with Crippen molar-refractivity contribution in [2.24, 2.45) is 7.05 Å². The first-order valence-electron chi connectivity index (χ1n) is 10.9. The van der Waals surface area contributed by atoms with Crippen LogP contribution in [0.5, 0.6) is 0 Å². The van der Waals surface area contributed by atoms with E-state index >= 15 is 0 Å². The van der Waals surface area contributed by atoms with E-state index < -0.39 is 0 Å². The number of nitriles is 1. The van der Waals surface area contributed by atoms with Crippen molar-refractivity contribution in [1.82, 2.24) is 25.3 Å². The van der Waals surface area contributed by atoms with Crippen LogP contribution in [0.2, 0.25) is 0 Å². The van der Waals surface area contributed by atoms with Crippen molar-refractivity contribution in [3.05, 3.63) is 95.8 Å². The van der Waals surface area contributed by atoms with Gasteiger partial charge >= 0.3 is 0 Å². The summed E-state index contributed by atoms with van der Waals surface area (Å²) in [6.45, 7) is 0.978. The fraction of sp³-hybridized carbons (Fsp3) is 0.192. The van der Waals surface area contributed by atoms with E-state index in [2.05, 4.69) is 32.0 Å². The first-order valence-corrected chi connectivity index (χ1v) is 10.9. The second-order valence-electron chi connectivity index (χ2n) is 7.58. The minimum atomic E-state index is -0.0917. The number of benzene rings is 2. The van der Waals surface area contributed by atoms with Gasteiger partial charge in [0.05, 0.1) is 24.3 Å². The van der Waals surface area contributed by atoms with Crippen LogP contribution in [0.15, 0.2) is 79.1 Å². The number of nitrogens with one attached hydrogen (secondary N) is 2. The van der Waals surface area contributed by atoms with Crippen molar-refractivity contribution >= 4 is 11.7 Å². The first kappa shape index (κ1) is 24.3. The molecule has 0 aliphatic heterocycles. The third-order valence-corrected chi connectivity index (χ3v) is 4.88. The summed E-state index contributed by atoms with van der Waals surface area (Å²) in [5.74, 6) is 0.430. The average molecular weight is 454 g/mol. The first-order chi connectivity index (χ1) is 16.6. The number of anilines is 1. The van der Waals surface area contributed by atoms with Gasteiger partial charge in [-0.2, -0.15) is 5.26 Å². The number of pyridine rings is 1. The van der Waals surface area contributed by atoms with Crippen molar-refractivity contribution in [3.63, 3.8) is 0 Å². The van der Waals surface area contributed by atoms with Gasteiger partial charge < -0.3 is 10.6 Å². The zero-order valence-corrected chi connectivity index (χ0v) is 19.3. The Labute approximate surface area is 199 Å². The van der Waals surface area contributed by atoms with E-state index in [9.17, 15) is 4.79 Å². The molecule has 0 atom stereocenters. The summed E-state index contributed by atoms with van der Waals surface area (Å²) in [4.78, 5) is 16.2. The standard InChI is InChI=1S/C16H15N5O.C10H12N2/c1-21-11-14(19-20-21)13-7-8-15(17-10-13)18-16(22)9-12-5-3-2-4-6-12;1-12-7-6-9-2-4-10(8-11)5-3-9/h2-8,10-11H,9H2,1H3,(H,17,18,22);2-5,12H,6-7H2,1H3. The molecule has 0 bridgehead atoms. The summed E-state index contributed by atoms with van der Waals surface area (Å²) in [6, 6.07) is 23.0. The number of carbonyl (C=O) groups is 1. The van der Waals surface area contributed by atoms with Crippen molar-refractivity contribution < 1.29 is 4.79 Å². The molecule has 0 aliphatic carbocycles. The predicted molar refractivity (Wildman–Crippen MR) is 132 cm³/mol. The Balaban J connectivity index is 0.000000229. The van der Waals surface area contributed by atoms with Crippen LogP contribution in [0.3, 0.4) is 0 Å². The normalized spacial score (nSPS) is 10.0. The lowest BCUT2D eigenvalue weighted by Crippen LogP contribution is -2.15. The van der Waals surface area contributed by atoms with E-state index in [0.29, 0.717) is 12.2 Å². The molecule has 172 valence electrons. The largest absolute Gasteiger partial charge is 0.319 e. The van der Waals surface area contributed by atoms with Gasteiger partial charge in [-0.15, -0.1) is 5.10 Å². The minimum absolute atomic E-state index is 0.0917. The predicted octanol–water partition coefficient (Wildman–Crippen LogP) is 3.38. The molecule has 0 spiro atoms. The third-order valence-electron chi connectivity index (χ3n) is 4.88. The molecule has 4 aromatic rings. The van der Waals surface area contributed by atoms with Gasteiger partial charge in [0.2, 0.25) is 5.91 Å². The summed E-state index contributed by atoms with van der Waals surface area (Å²) in [5.41, 5.74) is 4.56. The van der Waals surface area contributed by atoms with Gasteiger partial charge in [-0.3, -0.25) is 9.48 Å². The minimum Gasteiger partial charge on any atom is -0.319 e. The highest BCUT2D eigenvalue weighted by molar-refractivity contribution is 5.91. The molecule has 1 amide bonds. The Bertz CT molecular complexity index is 1210. The molecule has 8 heteroatoms. The molecule has 0 saturated heterocycles. The molecule has 2 aromatic heterocycles. The van der Waals surface area contributed by atoms with E-state index in [1.54, 1.807) is 16.9 Å². The Morgan fingerprint density at radius 2 is 1.79 bits per heavy atom. The van der Waals surface area contributed by atoms with E-state index in [-0.39, 0.29) is 5.91 Å². The Hall–Kier alpha value is -4.35. The average Bonchev–Trinajstić information content (AvgIpc) is 3.30. The lowest BCUT2D eigenvalue weighted by Gasteiger charge is -2.05. The van der Waals surface area contributed by atoms with Gasteiger partial charge in [0, 0.05) is 18.8 Å². The van der Waals surface area contributed by atoms with Crippen molar-refractivity contribution in [1.29, 1.82) is 5.26 Å². The number of hydrogen-bond acceptors (Lipinski definition) is 6. The molecular weight excluding hydrogens is 426 g/mol. The Morgan fingerprint density at radius 1 is 1.03 bits per heavy atom. The highest BCUT2D eigenvalue weighted by Crippen LogP contribution is 2.16.